The number of hydrogen-bond donors (Lipinski definition) is 1. The third kappa shape index (κ3) is 4.87. The fourth-order valence-corrected chi connectivity index (χ4v) is 3.57. The van der Waals surface area contributed by atoms with Crippen molar-refractivity contribution in [2.24, 2.45) is 0 Å². The molecule has 0 fully saturated rings. The number of nitrogens with one attached hydrogen (secondary N) is 1. The predicted molar refractivity (Wildman–Crippen MR) is 109 cm³/mol. The number of rotatable bonds is 7. The lowest BCUT2D eigenvalue weighted by atomic mass is 10.2. The number of anilines is 1. The topological polar surface area (TPSA) is 90.4 Å². The summed E-state index contributed by atoms with van der Waals surface area (Å²) in [7, 11) is 1.61. The normalized spacial score (nSPS) is 10.4. The van der Waals surface area contributed by atoms with Crippen molar-refractivity contribution in [3.05, 3.63) is 53.5 Å². The minimum absolute atomic E-state index is 0.332. The first-order valence-corrected chi connectivity index (χ1v) is 10.3. The number of thiazole rings is 1. The fourth-order valence-electron chi connectivity index (χ4n) is 2.30. The van der Waals surface area contributed by atoms with E-state index in [1.54, 1.807) is 25.4 Å². The number of benzene rings is 1. The molecule has 144 valence electrons. The van der Waals surface area contributed by atoms with Crippen molar-refractivity contribution in [1.82, 2.24) is 9.97 Å². The second-order valence-corrected chi connectivity index (χ2v) is 7.10. The molecule has 7 nitrogen and oxygen atoms in total. The highest BCUT2D eigenvalue weighted by molar-refractivity contribution is 7.98. The second-order valence-electron chi connectivity index (χ2n) is 5.45. The van der Waals surface area contributed by atoms with Crippen LogP contribution in [0.5, 0.6) is 5.75 Å². The van der Waals surface area contributed by atoms with Gasteiger partial charge in [-0.15, -0.1) is 23.1 Å². The fraction of sp³-hybridized carbons (Fsp3) is 0.158. The van der Waals surface area contributed by atoms with Gasteiger partial charge >= 0.3 is 5.97 Å². The zero-order valence-corrected chi connectivity index (χ0v) is 16.8. The van der Waals surface area contributed by atoms with Crippen LogP contribution in [0.15, 0.2) is 53.0 Å². The molecule has 0 spiro atoms. The lowest BCUT2D eigenvalue weighted by molar-refractivity contribution is -0.119. The summed E-state index contributed by atoms with van der Waals surface area (Å²) in [5.41, 5.74) is 1.98. The van der Waals surface area contributed by atoms with Crippen LogP contribution in [0.1, 0.15) is 10.4 Å². The first kappa shape index (κ1) is 19.8. The van der Waals surface area contributed by atoms with Gasteiger partial charge < -0.3 is 9.47 Å². The Morgan fingerprint density at radius 2 is 2.00 bits per heavy atom. The summed E-state index contributed by atoms with van der Waals surface area (Å²) in [4.78, 5) is 32.7. The minimum atomic E-state index is -0.592. The molecule has 0 atom stereocenters. The summed E-state index contributed by atoms with van der Waals surface area (Å²) in [6.07, 6.45) is 3.41. The molecule has 0 aliphatic carbocycles. The van der Waals surface area contributed by atoms with Gasteiger partial charge in [0.25, 0.3) is 5.91 Å². The highest BCUT2D eigenvalue weighted by Crippen LogP contribution is 2.26. The average molecular weight is 415 g/mol. The third-order valence-electron chi connectivity index (χ3n) is 3.66. The molecule has 2 heterocycles. The maximum Gasteiger partial charge on any atom is 0.341 e. The molecule has 2 aromatic heterocycles. The van der Waals surface area contributed by atoms with Crippen molar-refractivity contribution in [2.45, 2.75) is 5.03 Å². The molecule has 3 aromatic rings. The first-order chi connectivity index (χ1) is 13.6. The van der Waals surface area contributed by atoms with E-state index in [-0.39, 0.29) is 0 Å². The van der Waals surface area contributed by atoms with E-state index in [4.69, 9.17) is 9.47 Å². The van der Waals surface area contributed by atoms with Crippen LogP contribution in [0.3, 0.4) is 0 Å². The average Bonchev–Trinajstić information content (AvgIpc) is 3.20. The van der Waals surface area contributed by atoms with Crippen molar-refractivity contribution in [3.63, 3.8) is 0 Å². The Morgan fingerprint density at radius 1 is 1.21 bits per heavy atom. The number of amides is 1. The zero-order valence-electron chi connectivity index (χ0n) is 15.2. The first-order valence-electron chi connectivity index (χ1n) is 8.16. The Labute approximate surface area is 170 Å². The van der Waals surface area contributed by atoms with Gasteiger partial charge in [-0.1, -0.05) is 0 Å². The van der Waals surface area contributed by atoms with E-state index >= 15 is 0 Å². The van der Waals surface area contributed by atoms with Gasteiger partial charge in [-0.05, 0) is 42.7 Å². The summed E-state index contributed by atoms with van der Waals surface area (Å²) < 4.78 is 10.2. The Hall–Kier alpha value is -2.91. The van der Waals surface area contributed by atoms with Gasteiger partial charge in [0, 0.05) is 17.1 Å². The second kappa shape index (κ2) is 9.34. The number of nitrogens with zero attached hydrogens (tertiary/aromatic N) is 2. The molecular formula is C19H17N3O4S2. The maximum absolute atomic E-state index is 12.1. The number of thioether (sulfide) groups is 1. The molecule has 0 saturated heterocycles. The Balaban J connectivity index is 1.56. The van der Waals surface area contributed by atoms with Crippen LogP contribution in [0.4, 0.5) is 5.13 Å². The molecule has 0 bridgehead atoms. The standard InChI is InChI=1S/C19H17N3O4S2/c1-25-13-7-5-12(6-8-13)15-11-28-19(21-15)22-16(23)10-26-18(24)14-4-3-9-20-17(14)27-2/h3-9,11H,10H2,1-2H3,(H,21,22,23). The van der Waals surface area contributed by atoms with Crippen LogP contribution in [0, 0.1) is 0 Å². The summed E-state index contributed by atoms with van der Waals surface area (Å²) in [6, 6.07) is 10.7. The van der Waals surface area contributed by atoms with Crippen molar-refractivity contribution in [1.29, 1.82) is 0 Å². The summed E-state index contributed by atoms with van der Waals surface area (Å²) >= 11 is 2.63. The van der Waals surface area contributed by atoms with Gasteiger partial charge in [0.2, 0.25) is 0 Å². The molecule has 1 amide bonds. The van der Waals surface area contributed by atoms with E-state index in [1.165, 1.54) is 23.1 Å². The van der Waals surface area contributed by atoms with Gasteiger partial charge in [-0.2, -0.15) is 0 Å². The van der Waals surface area contributed by atoms with Gasteiger partial charge in [0.05, 0.1) is 18.4 Å². The predicted octanol–water partition coefficient (Wildman–Crippen LogP) is 3.73. The van der Waals surface area contributed by atoms with Crippen molar-refractivity contribution in [2.75, 3.05) is 25.3 Å². The maximum atomic E-state index is 12.1. The zero-order chi connectivity index (χ0) is 19.9. The molecule has 0 unspecified atom stereocenters. The molecule has 3 rings (SSSR count). The van der Waals surface area contributed by atoms with Gasteiger partial charge in [-0.25, -0.2) is 14.8 Å². The molecule has 1 aromatic carbocycles. The van der Waals surface area contributed by atoms with Crippen LogP contribution in [-0.4, -0.2) is 41.8 Å². The molecule has 0 aliphatic rings. The van der Waals surface area contributed by atoms with Crippen LogP contribution in [0.2, 0.25) is 0 Å². The quantitative estimate of drug-likeness (QED) is 0.464. The molecule has 0 saturated carbocycles. The number of carbonyl (C=O) groups is 2. The van der Waals surface area contributed by atoms with Gasteiger partial charge in [0.1, 0.15) is 10.8 Å². The van der Waals surface area contributed by atoms with Crippen molar-refractivity contribution in [3.8, 4) is 17.0 Å². The number of pyridine rings is 1. The number of esters is 1. The van der Waals surface area contributed by atoms with Crippen LogP contribution < -0.4 is 10.1 Å². The van der Waals surface area contributed by atoms with Crippen molar-refractivity contribution >= 4 is 40.1 Å². The van der Waals surface area contributed by atoms with Crippen molar-refractivity contribution < 1.29 is 19.1 Å². The third-order valence-corrected chi connectivity index (χ3v) is 5.12. The Bertz CT molecular complexity index is 973. The summed E-state index contributed by atoms with van der Waals surface area (Å²) in [6.45, 7) is -0.404. The number of aromatic nitrogens is 2. The van der Waals surface area contributed by atoms with E-state index in [9.17, 15) is 9.59 Å². The minimum Gasteiger partial charge on any atom is -0.497 e. The van der Waals surface area contributed by atoms with Crippen LogP contribution in [0.25, 0.3) is 11.3 Å². The monoisotopic (exact) mass is 415 g/mol. The summed E-state index contributed by atoms with van der Waals surface area (Å²) in [5.74, 6) is -0.295. The highest BCUT2D eigenvalue weighted by atomic mass is 32.2. The SMILES string of the molecule is COc1ccc(-c2csc(NC(=O)COC(=O)c3cccnc3SC)n2)cc1. The summed E-state index contributed by atoms with van der Waals surface area (Å²) in [5, 5.41) is 5.45. The Kier molecular flexibility index (Phi) is 6.62. The van der Waals surface area contributed by atoms with E-state index < -0.39 is 18.5 Å². The van der Waals surface area contributed by atoms with E-state index in [1.807, 2.05) is 35.9 Å². The van der Waals surface area contributed by atoms with Crippen LogP contribution >= 0.6 is 23.1 Å². The number of ether oxygens (including phenoxy) is 2. The molecule has 0 aliphatic heterocycles. The largest absolute Gasteiger partial charge is 0.497 e. The highest BCUT2D eigenvalue weighted by Gasteiger charge is 2.15. The van der Waals surface area contributed by atoms with Crippen LogP contribution in [-0.2, 0) is 9.53 Å². The molecule has 28 heavy (non-hydrogen) atoms. The number of methoxy groups -OCH3 is 1. The van der Waals surface area contributed by atoms with E-state index in [0.717, 1.165) is 17.0 Å². The molecular weight excluding hydrogens is 398 g/mol. The Morgan fingerprint density at radius 3 is 2.71 bits per heavy atom. The molecule has 1 N–H and O–H groups in total. The number of hydrogen-bond acceptors (Lipinski definition) is 8. The molecule has 0 radical (unpaired) electrons. The van der Waals surface area contributed by atoms with Gasteiger partial charge in [0.15, 0.2) is 11.7 Å². The van der Waals surface area contributed by atoms with E-state index in [0.29, 0.717) is 15.7 Å². The smallest absolute Gasteiger partial charge is 0.341 e. The van der Waals surface area contributed by atoms with E-state index in [2.05, 4.69) is 15.3 Å². The number of carbonyl (C=O) groups excluding carboxylic acids is 2. The lowest BCUT2D eigenvalue weighted by Crippen LogP contribution is -2.21. The van der Waals surface area contributed by atoms with Gasteiger partial charge in [-0.3, -0.25) is 10.1 Å². The lowest BCUT2D eigenvalue weighted by Gasteiger charge is -2.07. The molecule has 9 heteroatoms.